The summed E-state index contributed by atoms with van der Waals surface area (Å²) >= 11 is 0. The predicted molar refractivity (Wildman–Crippen MR) is 92.4 cm³/mol. The lowest BCUT2D eigenvalue weighted by Gasteiger charge is -2.55. The molecule has 1 heterocycles. The van der Waals surface area contributed by atoms with Gasteiger partial charge in [-0.1, -0.05) is 19.0 Å². The van der Waals surface area contributed by atoms with Crippen LogP contribution >= 0.6 is 0 Å². The van der Waals surface area contributed by atoms with Crippen molar-refractivity contribution in [1.82, 2.24) is 0 Å². The molecule has 6 atom stereocenters. The number of nitrogens with zero attached hydrogens (tertiary/aromatic N) is 1. The van der Waals surface area contributed by atoms with Crippen LogP contribution in [0.1, 0.15) is 73.1 Å². The number of oxime groups is 1. The van der Waals surface area contributed by atoms with Crippen LogP contribution in [0.3, 0.4) is 0 Å². The van der Waals surface area contributed by atoms with E-state index in [-0.39, 0.29) is 11.0 Å². The molecule has 0 spiro atoms. The second kappa shape index (κ2) is 4.97. The minimum Gasteiger partial charge on any atom is -0.395 e. The third-order valence-electron chi connectivity index (χ3n) is 7.58. The van der Waals surface area contributed by atoms with Crippen molar-refractivity contribution in [2.75, 3.05) is 6.61 Å². The van der Waals surface area contributed by atoms with Gasteiger partial charge in [-0.3, -0.25) is 0 Å². The van der Waals surface area contributed by atoms with E-state index in [0.29, 0.717) is 11.5 Å². The molecular weight excluding hydrogens is 286 g/mol. The van der Waals surface area contributed by atoms with Gasteiger partial charge in [-0.05, 0) is 82.5 Å². The first kappa shape index (κ1) is 15.9. The van der Waals surface area contributed by atoms with Gasteiger partial charge in [-0.25, -0.2) is 0 Å². The molecular formula is C20H33NO2. The Labute approximate surface area is 141 Å². The Morgan fingerprint density at radius 2 is 1.87 bits per heavy atom. The Morgan fingerprint density at radius 3 is 2.61 bits per heavy atom. The minimum atomic E-state index is -0.0307. The summed E-state index contributed by atoms with van der Waals surface area (Å²) in [6.45, 7) is 12.4. The smallest absolute Gasteiger partial charge is 0.128 e. The van der Waals surface area contributed by atoms with E-state index in [1.165, 1.54) is 37.8 Å². The fourth-order valence-corrected chi connectivity index (χ4v) is 6.44. The van der Waals surface area contributed by atoms with Gasteiger partial charge in [0.25, 0.3) is 0 Å². The molecule has 4 rings (SSSR count). The lowest BCUT2D eigenvalue weighted by molar-refractivity contribution is -0.136. The first-order valence-electron chi connectivity index (χ1n) is 9.61. The summed E-state index contributed by atoms with van der Waals surface area (Å²) in [5.41, 5.74) is 1.91. The van der Waals surface area contributed by atoms with Gasteiger partial charge in [0.1, 0.15) is 6.61 Å². The summed E-state index contributed by atoms with van der Waals surface area (Å²) in [5.74, 6) is 2.43. The van der Waals surface area contributed by atoms with Crippen LogP contribution in [-0.4, -0.2) is 24.0 Å². The highest BCUT2D eigenvalue weighted by atomic mass is 16.6. The molecule has 3 saturated carbocycles. The van der Waals surface area contributed by atoms with Crippen LogP contribution in [0.2, 0.25) is 0 Å². The van der Waals surface area contributed by atoms with Crippen LogP contribution in [0.15, 0.2) is 5.16 Å². The van der Waals surface area contributed by atoms with Gasteiger partial charge in [0.2, 0.25) is 0 Å². The van der Waals surface area contributed by atoms with Crippen LogP contribution in [0.5, 0.6) is 0 Å². The molecule has 0 unspecified atom stereocenters. The fourth-order valence-electron chi connectivity index (χ4n) is 6.44. The van der Waals surface area contributed by atoms with Crippen LogP contribution in [0.25, 0.3) is 0 Å². The summed E-state index contributed by atoms with van der Waals surface area (Å²) in [6, 6.07) is 0. The molecule has 3 fully saturated rings. The lowest BCUT2D eigenvalue weighted by atomic mass is 9.50. The largest absolute Gasteiger partial charge is 0.395 e. The minimum absolute atomic E-state index is 0.0307. The van der Waals surface area contributed by atoms with Crippen LogP contribution in [0, 0.1) is 28.6 Å². The Morgan fingerprint density at radius 1 is 1.09 bits per heavy atom. The zero-order chi connectivity index (χ0) is 16.5. The van der Waals surface area contributed by atoms with Crippen molar-refractivity contribution < 1.29 is 9.57 Å². The van der Waals surface area contributed by atoms with Crippen molar-refractivity contribution in [1.29, 1.82) is 0 Å². The van der Waals surface area contributed by atoms with E-state index in [2.05, 4.69) is 39.8 Å². The van der Waals surface area contributed by atoms with Crippen molar-refractivity contribution in [3.63, 3.8) is 0 Å². The molecule has 0 bridgehead atoms. The maximum absolute atomic E-state index is 6.51. The molecule has 0 aromatic heterocycles. The van der Waals surface area contributed by atoms with Gasteiger partial charge < -0.3 is 9.57 Å². The third-order valence-corrected chi connectivity index (χ3v) is 7.58. The number of hydrogen-bond acceptors (Lipinski definition) is 3. The highest BCUT2D eigenvalue weighted by Crippen LogP contribution is 2.63. The van der Waals surface area contributed by atoms with E-state index in [1.54, 1.807) is 0 Å². The van der Waals surface area contributed by atoms with Gasteiger partial charge in [0.05, 0.1) is 17.4 Å². The number of ether oxygens (including phenoxy) is 1. The van der Waals surface area contributed by atoms with Crippen LogP contribution in [-0.2, 0) is 9.57 Å². The van der Waals surface area contributed by atoms with Gasteiger partial charge in [0.15, 0.2) is 0 Å². The van der Waals surface area contributed by atoms with E-state index in [9.17, 15) is 0 Å². The Hall–Kier alpha value is -0.570. The van der Waals surface area contributed by atoms with Crippen molar-refractivity contribution >= 4 is 5.71 Å². The highest BCUT2D eigenvalue weighted by Gasteiger charge is 2.60. The quantitative estimate of drug-likeness (QED) is 0.695. The van der Waals surface area contributed by atoms with Crippen molar-refractivity contribution in [3.05, 3.63) is 0 Å². The number of hydrogen-bond donors (Lipinski definition) is 0. The number of fused-ring (bicyclic) bond motifs is 5. The molecule has 130 valence electrons. The van der Waals surface area contributed by atoms with Crippen LogP contribution in [0.4, 0.5) is 0 Å². The van der Waals surface area contributed by atoms with E-state index < -0.39 is 0 Å². The zero-order valence-corrected chi connectivity index (χ0v) is 15.5. The molecule has 0 aromatic rings. The number of rotatable bonds is 1. The zero-order valence-electron chi connectivity index (χ0n) is 15.5. The maximum Gasteiger partial charge on any atom is 0.128 e. The van der Waals surface area contributed by atoms with Gasteiger partial charge >= 0.3 is 0 Å². The molecule has 3 aliphatic carbocycles. The van der Waals surface area contributed by atoms with E-state index in [1.807, 2.05) is 0 Å². The van der Waals surface area contributed by atoms with E-state index in [4.69, 9.17) is 9.57 Å². The summed E-state index contributed by atoms with van der Waals surface area (Å²) in [5, 5.41) is 4.38. The first-order chi connectivity index (χ1) is 10.7. The molecule has 0 saturated heterocycles. The average molecular weight is 319 g/mol. The Balaban J connectivity index is 1.59. The molecule has 3 nitrogen and oxygen atoms in total. The third kappa shape index (κ3) is 2.29. The van der Waals surface area contributed by atoms with Gasteiger partial charge in [0, 0.05) is 5.41 Å². The molecule has 0 amide bonds. The van der Waals surface area contributed by atoms with Crippen molar-refractivity contribution in [2.45, 2.75) is 84.8 Å². The Bertz CT molecular complexity index is 522. The second-order valence-electron chi connectivity index (χ2n) is 9.99. The molecule has 3 heteroatoms. The molecule has 0 aromatic carbocycles. The van der Waals surface area contributed by atoms with Crippen LogP contribution < -0.4 is 0 Å². The summed E-state index contributed by atoms with van der Waals surface area (Å²) in [7, 11) is 0. The molecule has 0 N–H and O–H groups in total. The molecule has 1 aliphatic heterocycles. The summed E-state index contributed by atoms with van der Waals surface area (Å²) in [4.78, 5) is 5.53. The van der Waals surface area contributed by atoms with Crippen molar-refractivity contribution in [3.8, 4) is 0 Å². The second-order valence-corrected chi connectivity index (χ2v) is 9.99. The molecule has 23 heavy (non-hydrogen) atoms. The lowest BCUT2D eigenvalue weighted by Crippen LogP contribution is -2.53. The predicted octanol–water partition coefficient (Wildman–Crippen LogP) is 4.80. The average Bonchev–Trinajstić information content (AvgIpc) is 2.98. The topological polar surface area (TPSA) is 30.8 Å². The van der Waals surface area contributed by atoms with Crippen molar-refractivity contribution in [2.24, 2.45) is 33.7 Å². The normalized spacial score (nSPS) is 49.0. The van der Waals surface area contributed by atoms with E-state index in [0.717, 1.165) is 30.8 Å². The van der Waals surface area contributed by atoms with Gasteiger partial charge in [-0.2, -0.15) is 0 Å². The van der Waals surface area contributed by atoms with E-state index >= 15 is 0 Å². The summed E-state index contributed by atoms with van der Waals surface area (Å²) in [6.07, 6.45) is 8.12. The molecule has 4 aliphatic rings. The van der Waals surface area contributed by atoms with Gasteiger partial charge in [-0.15, -0.1) is 0 Å². The fraction of sp³-hybridized carbons (Fsp3) is 0.950. The summed E-state index contributed by atoms with van der Waals surface area (Å²) < 4.78 is 6.51. The SMILES string of the molecule is CC(C)(C)O[C@H]1CC[C@H]2[C@@H]3CCC4=NOC[C@]4(C)[C@H]3CC[C@]12C. The highest BCUT2D eigenvalue weighted by molar-refractivity contribution is 5.91. The Kier molecular flexibility index (Phi) is 3.44. The monoisotopic (exact) mass is 319 g/mol. The first-order valence-corrected chi connectivity index (χ1v) is 9.61. The standard InChI is InChI=1S/C20H33NO2/c1-18(2,3)23-17-9-7-14-13-6-8-16-20(5,12-22-21-16)15(13)10-11-19(14,17)4/h13-15,17H,6-12H2,1-5H3/t13-,14-,15-,17-,19-,20+/m0/s1. The molecule has 0 radical (unpaired) electrons. The maximum atomic E-state index is 6.51.